The van der Waals surface area contributed by atoms with Gasteiger partial charge in [0.1, 0.15) is 12.4 Å². The Morgan fingerprint density at radius 2 is 1.38 bits per heavy atom. The van der Waals surface area contributed by atoms with Crippen molar-refractivity contribution in [2.45, 2.75) is 26.6 Å². The molecule has 2 aliphatic heterocycles. The van der Waals surface area contributed by atoms with Crippen LogP contribution in [0.5, 0.6) is 5.75 Å². The standard InChI is InChI=1S/C41H48Cl2N6O3S/c1-29-32(28-52-39-11-9-31(25-37(39)43)27-45-13-15-49-18-22-51-23-19-49)4-2-5-33(29)34-6-3-7-35-40(34)53-47-41(35)46-38-10-8-30(24-36(38)42)26-44-12-14-48-16-20-50-21-17-48/h2-11,24-25,44-45H,12-23,26-28H2,1H3,(H,46,47). The summed E-state index contributed by atoms with van der Waals surface area (Å²) in [6.07, 6.45) is 0. The number of benzene rings is 4. The lowest BCUT2D eigenvalue weighted by molar-refractivity contribution is 0.0383. The first-order chi connectivity index (χ1) is 26.0. The highest BCUT2D eigenvalue weighted by Gasteiger charge is 2.16. The predicted molar refractivity (Wildman–Crippen MR) is 218 cm³/mol. The molecule has 7 rings (SSSR count). The van der Waals surface area contributed by atoms with E-state index in [4.69, 9.17) is 41.8 Å². The van der Waals surface area contributed by atoms with Gasteiger partial charge in [0, 0.05) is 76.4 Å². The lowest BCUT2D eigenvalue weighted by atomic mass is 9.96. The van der Waals surface area contributed by atoms with Gasteiger partial charge in [-0.25, -0.2) is 0 Å². The zero-order valence-corrected chi connectivity index (χ0v) is 32.6. The molecule has 3 heterocycles. The molecule has 3 N–H and O–H groups in total. The maximum Gasteiger partial charge on any atom is 0.152 e. The zero-order chi connectivity index (χ0) is 36.4. The number of aromatic nitrogens is 1. The van der Waals surface area contributed by atoms with Crippen molar-refractivity contribution in [3.63, 3.8) is 0 Å². The molecule has 0 saturated carbocycles. The van der Waals surface area contributed by atoms with E-state index in [1.54, 1.807) is 0 Å². The molecule has 0 spiro atoms. The lowest BCUT2D eigenvalue weighted by Gasteiger charge is -2.26. The predicted octanol–water partition coefficient (Wildman–Crippen LogP) is 7.74. The Hall–Kier alpha value is -3.29. The fourth-order valence-electron chi connectivity index (χ4n) is 6.81. The molecule has 2 saturated heterocycles. The summed E-state index contributed by atoms with van der Waals surface area (Å²) in [5.41, 5.74) is 7.68. The van der Waals surface area contributed by atoms with Gasteiger partial charge >= 0.3 is 0 Å². The second kappa shape index (κ2) is 18.8. The van der Waals surface area contributed by atoms with Crippen molar-refractivity contribution >= 4 is 56.3 Å². The average molecular weight is 776 g/mol. The summed E-state index contributed by atoms with van der Waals surface area (Å²) < 4.78 is 23.1. The molecule has 9 nitrogen and oxygen atoms in total. The van der Waals surface area contributed by atoms with Crippen LogP contribution in [0.4, 0.5) is 11.5 Å². The Labute approximate surface area is 326 Å². The Morgan fingerprint density at radius 1 is 0.755 bits per heavy atom. The highest BCUT2D eigenvalue weighted by Crippen LogP contribution is 2.39. The molecule has 0 radical (unpaired) electrons. The Bertz CT molecular complexity index is 1960. The van der Waals surface area contributed by atoms with E-state index in [-0.39, 0.29) is 0 Å². The molecule has 4 aromatic carbocycles. The van der Waals surface area contributed by atoms with Crippen LogP contribution in [0.25, 0.3) is 21.2 Å². The van der Waals surface area contributed by atoms with Gasteiger partial charge in [-0.05, 0) is 76.6 Å². The third-order valence-electron chi connectivity index (χ3n) is 9.98. The van der Waals surface area contributed by atoms with Crippen molar-refractivity contribution in [1.82, 2.24) is 24.8 Å². The van der Waals surface area contributed by atoms with Crippen LogP contribution in [-0.4, -0.2) is 93.0 Å². The van der Waals surface area contributed by atoms with Crippen molar-refractivity contribution in [2.24, 2.45) is 0 Å². The SMILES string of the molecule is Cc1c(COc2ccc(CNCCN3CCOCC3)cc2Cl)cccc1-c1cccc2c(Nc3ccc(CNCCN4CCOCC4)cc3Cl)nsc12. The number of hydrogen-bond donors (Lipinski definition) is 3. The van der Waals surface area contributed by atoms with Crippen LogP contribution in [0.1, 0.15) is 22.3 Å². The molecule has 0 amide bonds. The number of halogens is 2. The van der Waals surface area contributed by atoms with E-state index in [1.807, 2.05) is 24.3 Å². The quantitative estimate of drug-likeness (QED) is 0.0873. The first-order valence-electron chi connectivity index (χ1n) is 18.5. The smallest absolute Gasteiger partial charge is 0.152 e. The third-order valence-corrected chi connectivity index (χ3v) is 11.5. The summed E-state index contributed by atoms with van der Waals surface area (Å²) in [5, 5.41) is 12.9. The number of morpholine rings is 2. The molecule has 0 atom stereocenters. The normalized spacial score (nSPS) is 15.6. The molecule has 5 aromatic rings. The van der Waals surface area contributed by atoms with E-state index < -0.39 is 0 Å². The monoisotopic (exact) mass is 774 g/mol. The molecule has 280 valence electrons. The van der Waals surface area contributed by atoms with Crippen molar-refractivity contribution in [2.75, 3.05) is 84.1 Å². The highest BCUT2D eigenvalue weighted by atomic mass is 35.5. The molecule has 0 bridgehead atoms. The molecule has 1 aromatic heterocycles. The second-order valence-electron chi connectivity index (χ2n) is 13.6. The summed E-state index contributed by atoms with van der Waals surface area (Å²) in [6.45, 7) is 15.3. The van der Waals surface area contributed by atoms with Gasteiger partial charge in [-0.2, -0.15) is 4.37 Å². The van der Waals surface area contributed by atoms with Crippen LogP contribution in [0.15, 0.2) is 72.8 Å². The number of rotatable bonds is 16. The minimum absolute atomic E-state index is 0.417. The minimum Gasteiger partial charge on any atom is -0.487 e. The largest absolute Gasteiger partial charge is 0.487 e. The van der Waals surface area contributed by atoms with Crippen molar-refractivity contribution in [1.29, 1.82) is 0 Å². The van der Waals surface area contributed by atoms with Crippen LogP contribution in [0.2, 0.25) is 10.0 Å². The number of nitrogens with one attached hydrogen (secondary N) is 3. The Morgan fingerprint density at radius 3 is 2.04 bits per heavy atom. The van der Waals surface area contributed by atoms with Gasteiger partial charge in [0.2, 0.25) is 0 Å². The summed E-state index contributed by atoms with van der Waals surface area (Å²) in [4.78, 5) is 4.85. The van der Waals surface area contributed by atoms with Crippen LogP contribution in [0, 0.1) is 6.92 Å². The molecule has 0 unspecified atom stereocenters. The number of anilines is 2. The first kappa shape index (κ1) is 38.0. The molecule has 2 fully saturated rings. The maximum atomic E-state index is 6.77. The van der Waals surface area contributed by atoms with Crippen molar-refractivity contribution < 1.29 is 14.2 Å². The van der Waals surface area contributed by atoms with Gasteiger partial charge < -0.3 is 30.2 Å². The van der Waals surface area contributed by atoms with Crippen LogP contribution in [0.3, 0.4) is 0 Å². The van der Waals surface area contributed by atoms with E-state index in [9.17, 15) is 0 Å². The van der Waals surface area contributed by atoms with E-state index in [2.05, 4.69) is 81.2 Å². The summed E-state index contributed by atoms with van der Waals surface area (Å²) in [5.74, 6) is 1.48. The van der Waals surface area contributed by atoms with Crippen LogP contribution >= 0.6 is 34.7 Å². The first-order valence-corrected chi connectivity index (χ1v) is 20.0. The Balaban J connectivity index is 0.955. The fraction of sp³-hybridized carbons (Fsp3) is 0.390. The van der Waals surface area contributed by atoms with Crippen molar-refractivity contribution in [3.8, 4) is 16.9 Å². The minimum atomic E-state index is 0.417. The summed E-state index contributed by atoms with van der Waals surface area (Å²) >= 11 is 15.0. The van der Waals surface area contributed by atoms with Gasteiger partial charge in [-0.3, -0.25) is 9.80 Å². The number of nitrogens with zero attached hydrogens (tertiary/aromatic N) is 3. The number of fused-ring (bicyclic) bond motifs is 1. The van der Waals surface area contributed by atoms with Crippen molar-refractivity contribution in [3.05, 3.63) is 105 Å². The van der Waals surface area contributed by atoms with E-state index in [1.165, 1.54) is 11.5 Å². The van der Waals surface area contributed by atoms with E-state index in [0.29, 0.717) is 22.4 Å². The van der Waals surface area contributed by atoms with Crippen LogP contribution < -0.4 is 20.7 Å². The average Bonchev–Trinajstić information content (AvgIpc) is 3.60. The fourth-order valence-corrected chi connectivity index (χ4v) is 8.18. The Kier molecular flexibility index (Phi) is 13.5. The summed E-state index contributed by atoms with van der Waals surface area (Å²) in [6, 6.07) is 24.9. The molecule has 2 aliphatic rings. The van der Waals surface area contributed by atoms with Gasteiger partial charge in [0.15, 0.2) is 5.82 Å². The van der Waals surface area contributed by atoms with E-state index >= 15 is 0 Å². The van der Waals surface area contributed by atoms with Gasteiger partial charge in [-0.1, -0.05) is 65.7 Å². The number of hydrogen-bond acceptors (Lipinski definition) is 10. The summed E-state index contributed by atoms with van der Waals surface area (Å²) in [7, 11) is 0. The molecule has 12 heteroatoms. The zero-order valence-electron chi connectivity index (χ0n) is 30.3. The van der Waals surface area contributed by atoms with Gasteiger partial charge in [0.25, 0.3) is 0 Å². The topological polar surface area (TPSA) is 83.2 Å². The molecule has 53 heavy (non-hydrogen) atoms. The maximum absolute atomic E-state index is 6.77. The van der Waals surface area contributed by atoms with Gasteiger partial charge in [-0.15, -0.1) is 0 Å². The lowest BCUT2D eigenvalue weighted by Crippen LogP contribution is -2.40. The highest BCUT2D eigenvalue weighted by molar-refractivity contribution is 7.14. The third kappa shape index (κ3) is 10.1. The van der Waals surface area contributed by atoms with E-state index in [0.717, 1.165) is 147 Å². The van der Waals surface area contributed by atoms with Crippen LogP contribution in [-0.2, 0) is 29.2 Å². The number of ether oxygens (including phenoxy) is 3. The molecule has 0 aliphatic carbocycles. The van der Waals surface area contributed by atoms with Gasteiger partial charge in [0.05, 0.1) is 46.9 Å². The molecular formula is C41H48Cl2N6O3S. The molecular weight excluding hydrogens is 727 g/mol. The second-order valence-corrected chi connectivity index (χ2v) is 15.1.